The minimum atomic E-state index is -0.713. The molecule has 1 aliphatic rings. The summed E-state index contributed by atoms with van der Waals surface area (Å²) in [5, 5.41) is 8.87. The quantitative estimate of drug-likeness (QED) is 0.779. The van der Waals surface area contributed by atoms with E-state index in [9.17, 15) is 4.79 Å². The lowest BCUT2D eigenvalue weighted by atomic mass is 9.86. The van der Waals surface area contributed by atoms with Crippen molar-refractivity contribution in [3.05, 3.63) is 35.4 Å². The molecule has 1 saturated heterocycles. The van der Waals surface area contributed by atoms with Crippen molar-refractivity contribution < 1.29 is 14.3 Å². The van der Waals surface area contributed by atoms with Gasteiger partial charge in [0.15, 0.2) is 0 Å². The molecule has 1 unspecified atom stereocenters. The molecule has 1 fully saturated rings. The van der Waals surface area contributed by atoms with E-state index in [2.05, 4.69) is 11.0 Å². The Balaban J connectivity index is 2.23. The van der Waals surface area contributed by atoms with Crippen molar-refractivity contribution in [2.45, 2.75) is 31.3 Å². The van der Waals surface area contributed by atoms with Crippen molar-refractivity contribution in [2.24, 2.45) is 0 Å². The molecule has 1 aromatic rings. The maximum absolute atomic E-state index is 12.4. The highest BCUT2D eigenvalue weighted by atomic mass is 16.5. The van der Waals surface area contributed by atoms with Gasteiger partial charge in [-0.1, -0.05) is 12.1 Å². The highest BCUT2D eigenvalue weighted by molar-refractivity contribution is 5.81. The molecule has 22 heavy (non-hydrogen) atoms. The Morgan fingerprint density at radius 1 is 1.32 bits per heavy atom. The fraction of sp³-hybridized carbons (Fsp3) is 0.529. The summed E-state index contributed by atoms with van der Waals surface area (Å²) in [5.41, 5.74) is 0.999. The van der Waals surface area contributed by atoms with E-state index in [1.807, 2.05) is 12.1 Å². The summed E-state index contributed by atoms with van der Waals surface area (Å²) in [5.74, 6) is -0.234. The maximum Gasteiger partial charge on any atom is 0.328 e. The number of carbonyl (C=O) groups excluding carboxylic acids is 1. The van der Waals surface area contributed by atoms with Crippen LogP contribution in [0.3, 0.4) is 0 Å². The number of nitrogens with zero attached hydrogens (tertiary/aromatic N) is 2. The second-order valence-corrected chi connectivity index (χ2v) is 5.64. The Morgan fingerprint density at radius 2 is 2.05 bits per heavy atom. The summed E-state index contributed by atoms with van der Waals surface area (Å²) in [6.45, 7) is 1.80. The lowest BCUT2D eigenvalue weighted by Crippen LogP contribution is -2.60. The molecule has 1 atom stereocenters. The van der Waals surface area contributed by atoms with Gasteiger partial charge >= 0.3 is 5.97 Å². The summed E-state index contributed by atoms with van der Waals surface area (Å²) in [6, 6.07) is 9.58. The molecule has 0 aliphatic carbocycles. The first-order valence-corrected chi connectivity index (χ1v) is 7.48. The number of piperidine rings is 1. The minimum Gasteiger partial charge on any atom is -0.468 e. The molecular weight excluding hydrogens is 280 g/mol. The number of likely N-dealkylation sites (tertiary alicyclic amines) is 1. The third kappa shape index (κ3) is 3.29. The van der Waals surface area contributed by atoms with Gasteiger partial charge in [0.2, 0.25) is 0 Å². The van der Waals surface area contributed by atoms with E-state index in [-0.39, 0.29) is 5.97 Å². The van der Waals surface area contributed by atoms with Gasteiger partial charge in [0, 0.05) is 13.7 Å². The minimum absolute atomic E-state index is 0.234. The lowest BCUT2D eigenvalue weighted by molar-refractivity contribution is -0.163. The summed E-state index contributed by atoms with van der Waals surface area (Å²) in [4.78, 5) is 14.5. The van der Waals surface area contributed by atoms with Crippen LogP contribution in [-0.4, -0.2) is 43.8 Å². The molecule has 1 aromatic carbocycles. The SMILES string of the molecule is COCC1(C(=O)OC)CCCCN1Cc1ccc(C#N)cc1. The van der Waals surface area contributed by atoms with E-state index < -0.39 is 5.54 Å². The Bertz CT molecular complexity index is 546. The van der Waals surface area contributed by atoms with Crippen molar-refractivity contribution in [1.82, 2.24) is 4.90 Å². The topological polar surface area (TPSA) is 62.6 Å². The first-order valence-electron chi connectivity index (χ1n) is 7.48. The van der Waals surface area contributed by atoms with Crippen molar-refractivity contribution >= 4 is 5.97 Å². The van der Waals surface area contributed by atoms with E-state index in [4.69, 9.17) is 14.7 Å². The lowest BCUT2D eigenvalue weighted by Gasteiger charge is -2.44. The number of esters is 1. The van der Waals surface area contributed by atoms with Gasteiger partial charge < -0.3 is 9.47 Å². The second kappa shape index (κ2) is 7.39. The maximum atomic E-state index is 12.4. The molecular formula is C17H22N2O3. The van der Waals surface area contributed by atoms with Gasteiger partial charge in [0.1, 0.15) is 5.54 Å². The van der Waals surface area contributed by atoms with Crippen LogP contribution in [0.25, 0.3) is 0 Å². The molecule has 1 aliphatic heterocycles. The molecule has 0 bridgehead atoms. The normalized spacial score (nSPS) is 22.0. The van der Waals surface area contributed by atoms with Gasteiger partial charge in [-0.3, -0.25) is 4.90 Å². The number of benzene rings is 1. The predicted octanol–water partition coefficient (Wildman–Crippen LogP) is 2.10. The molecule has 2 rings (SSSR count). The van der Waals surface area contributed by atoms with Crippen LogP contribution in [-0.2, 0) is 20.8 Å². The average Bonchev–Trinajstić information content (AvgIpc) is 2.56. The van der Waals surface area contributed by atoms with Crippen LogP contribution < -0.4 is 0 Å². The monoisotopic (exact) mass is 302 g/mol. The molecule has 1 heterocycles. The van der Waals surface area contributed by atoms with Gasteiger partial charge in [-0.05, 0) is 43.5 Å². The standard InChI is InChI=1S/C17H22N2O3/c1-21-13-17(16(20)22-2)9-3-4-10-19(17)12-15-7-5-14(11-18)6-8-15/h5-8H,3-4,9-10,12-13H2,1-2H3. The zero-order chi connectivity index (χ0) is 16.0. The number of rotatable bonds is 5. The van der Waals surface area contributed by atoms with Crippen molar-refractivity contribution in [3.8, 4) is 6.07 Å². The van der Waals surface area contributed by atoms with E-state index in [1.165, 1.54) is 7.11 Å². The molecule has 118 valence electrons. The van der Waals surface area contributed by atoms with Crippen molar-refractivity contribution in [1.29, 1.82) is 5.26 Å². The Labute approximate surface area is 131 Å². The molecule has 0 spiro atoms. The van der Waals surface area contributed by atoms with Crippen molar-refractivity contribution in [3.63, 3.8) is 0 Å². The molecule has 5 heteroatoms. The fourth-order valence-electron chi connectivity index (χ4n) is 3.11. The van der Waals surface area contributed by atoms with E-state index in [0.717, 1.165) is 31.4 Å². The molecule has 0 amide bonds. The number of hydrogen-bond donors (Lipinski definition) is 0. The zero-order valence-corrected chi connectivity index (χ0v) is 13.2. The second-order valence-electron chi connectivity index (χ2n) is 5.64. The van der Waals surface area contributed by atoms with Gasteiger partial charge in [-0.2, -0.15) is 5.26 Å². The Morgan fingerprint density at radius 3 is 2.64 bits per heavy atom. The van der Waals surface area contributed by atoms with Gasteiger partial charge in [-0.25, -0.2) is 4.79 Å². The highest BCUT2D eigenvalue weighted by Gasteiger charge is 2.46. The Kier molecular flexibility index (Phi) is 5.53. The summed E-state index contributed by atoms with van der Waals surface area (Å²) in [7, 11) is 3.04. The number of ether oxygens (including phenoxy) is 2. The van der Waals surface area contributed by atoms with Crippen LogP contribution in [0.5, 0.6) is 0 Å². The third-order valence-corrected chi connectivity index (χ3v) is 4.28. The summed E-state index contributed by atoms with van der Waals surface area (Å²) < 4.78 is 10.4. The molecule has 0 radical (unpaired) electrons. The summed E-state index contributed by atoms with van der Waals surface area (Å²) >= 11 is 0. The first kappa shape index (κ1) is 16.5. The molecule has 0 saturated carbocycles. The van der Waals surface area contributed by atoms with Crippen LogP contribution in [0, 0.1) is 11.3 Å². The predicted molar refractivity (Wildman–Crippen MR) is 82.0 cm³/mol. The zero-order valence-electron chi connectivity index (χ0n) is 13.2. The van der Waals surface area contributed by atoms with Crippen LogP contribution in [0.15, 0.2) is 24.3 Å². The van der Waals surface area contributed by atoms with E-state index >= 15 is 0 Å². The average molecular weight is 302 g/mol. The third-order valence-electron chi connectivity index (χ3n) is 4.28. The Hall–Kier alpha value is -1.90. The fourth-order valence-corrected chi connectivity index (χ4v) is 3.11. The van der Waals surface area contributed by atoms with Crippen LogP contribution in [0.2, 0.25) is 0 Å². The van der Waals surface area contributed by atoms with Crippen molar-refractivity contribution in [2.75, 3.05) is 27.4 Å². The largest absolute Gasteiger partial charge is 0.468 e. The first-order chi connectivity index (χ1) is 10.7. The van der Waals surface area contributed by atoms with E-state index in [0.29, 0.717) is 18.7 Å². The number of methoxy groups -OCH3 is 2. The van der Waals surface area contributed by atoms with Crippen LogP contribution in [0.1, 0.15) is 30.4 Å². The van der Waals surface area contributed by atoms with Gasteiger partial charge in [0.05, 0.1) is 25.3 Å². The molecule has 5 nitrogen and oxygen atoms in total. The van der Waals surface area contributed by atoms with E-state index in [1.54, 1.807) is 19.2 Å². The smallest absolute Gasteiger partial charge is 0.328 e. The highest BCUT2D eigenvalue weighted by Crippen LogP contribution is 2.31. The molecule has 0 aromatic heterocycles. The molecule has 0 N–H and O–H groups in total. The summed E-state index contributed by atoms with van der Waals surface area (Å²) in [6.07, 6.45) is 2.78. The van der Waals surface area contributed by atoms with Gasteiger partial charge in [-0.15, -0.1) is 0 Å². The number of carbonyl (C=O) groups is 1. The van der Waals surface area contributed by atoms with Crippen LogP contribution >= 0.6 is 0 Å². The van der Waals surface area contributed by atoms with Crippen LogP contribution in [0.4, 0.5) is 0 Å². The van der Waals surface area contributed by atoms with Gasteiger partial charge in [0.25, 0.3) is 0 Å². The number of nitriles is 1. The number of hydrogen-bond acceptors (Lipinski definition) is 5.